The van der Waals surface area contributed by atoms with Gasteiger partial charge in [-0.25, -0.2) is 13.1 Å². The number of carboxylic acids is 1. The predicted octanol–water partition coefficient (Wildman–Crippen LogP) is 1.77. The number of nitrogens with one attached hydrogen (secondary N) is 1. The standard InChI is InChI=1S/C14H19NO4S/c1-10-4-2-6-12(8-10)20(18,19)15-9-11-5-3-7-13(11)14(16)17/h2,4,6,8,11,13,15H,3,5,7,9H2,1H3,(H,16,17). The van der Waals surface area contributed by atoms with Gasteiger partial charge in [0.1, 0.15) is 0 Å². The van der Waals surface area contributed by atoms with E-state index in [-0.39, 0.29) is 17.4 Å². The van der Waals surface area contributed by atoms with Gasteiger partial charge in [-0.3, -0.25) is 4.79 Å². The molecule has 1 aliphatic rings. The number of benzene rings is 1. The van der Waals surface area contributed by atoms with E-state index in [1.54, 1.807) is 18.2 Å². The van der Waals surface area contributed by atoms with E-state index in [1.807, 2.05) is 13.0 Å². The van der Waals surface area contributed by atoms with Gasteiger partial charge in [-0.2, -0.15) is 0 Å². The zero-order valence-corrected chi connectivity index (χ0v) is 12.2. The summed E-state index contributed by atoms with van der Waals surface area (Å²) in [6.45, 7) is 2.02. The van der Waals surface area contributed by atoms with Crippen molar-refractivity contribution in [3.63, 3.8) is 0 Å². The Morgan fingerprint density at radius 2 is 2.15 bits per heavy atom. The highest BCUT2D eigenvalue weighted by Crippen LogP contribution is 2.31. The Kier molecular flexibility index (Phi) is 4.45. The minimum atomic E-state index is -3.56. The van der Waals surface area contributed by atoms with Gasteiger partial charge in [0.25, 0.3) is 0 Å². The van der Waals surface area contributed by atoms with Gasteiger partial charge in [-0.1, -0.05) is 18.6 Å². The van der Waals surface area contributed by atoms with Gasteiger partial charge >= 0.3 is 5.97 Å². The summed E-state index contributed by atoms with van der Waals surface area (Å²) in [5, 5.41) is 9.09. The average molecular weight is 297 g/mol. The van der Waals surface area contributed by atoms with E-state index in [0.717, 1.165) is 18.4 Å². The molecule has 0 aromatic heterocycles. The van der Waals surface area contributed by atoms with Crippen molar-refractivity contribution in [1.29, 1.82) is 0 Å². The van der Waals surface area contributed by atoms with Crippen LogP contribution >= 0.6 is 0 Å². The highest BCUT2D eigenvalue weighted by molar-refractivity contribution is 7.89. The van der Waals surface area contributed by atoms with Crippen molar-refractivity contribution in [2.24, 2.45) is 11.8 Å². The fraction of sp³-hybridized carbons (Fsp3) is 0.500. The topological polar surface area (TPSA) is 83.5 Å². The van der Waals surface area contributed by atoms with Crippen LogP contribution in [0.15, 0.2) is 29.2 Å². The fourth-order valence-corrected chi connectivity index (χ4v) is 3.89. The largest absolute Gasteiger partial charge is 0.481 e. The third kappa shape index (κ3) is 3.37. The van der Waals surface area contributed by atoms with Crippen LogP contribution in [0, 0.1) is 18.8 Å². The van der Waals surface area contributed by atoms with E-state index in [0.29, 0.717) is 6.42 Å². The number of hydrogen-bond acceptors (Lipinski definition) is 3. The molecule has 1 saturated carbocycles. The zero-order valence-electron chi connectivity index (χ0n) is 11.4. The van der Waals surface area contributed by atoms with E-state index >= 15 is 0 Å². The van der Waals surface area contributed by atoms with Crippen LogP contribution in [0.4, 0.5) is 0 Å². The summed E-state index contributed by atoms with van der Waals surface area (Å²) in [5.41, 5.74) is 0.872. The molecule has 0 amide bonds. The first kappa shape index (κ1) is 15.0. The van der Waals surface area contributed by atoms with Gasteiger partial charge in [0.15, 0.2) is 0 Å². The van der Waals surface area contributed by atoms with Crippen LogP contribution in [-0.4, -0.2) is 26.0 Å². The van der Waals surface area contributed by atoms with Gasteiger partial charge in [0, 0.05) is 6.54 Å². The number of hydrogen-bond donors (Lipinski definition) is 2. The first-order chi connectivity index (χ1) is 9.40. The summed E-state index contributed by atoms with van der Waals surface area (Å²) in [6, 6.07) is 6.67. The highest BCUT2D eigenvalue weighted by Gasteiger charge is 2.33. The van der Waals surface area contributed by atoms with E-state index in [9.17, 15) is 13.2 Å². The Hall–Kier alpha value is -1.40. The minimum absolute atomic E-state index is 0.118. The van der Waals surface area contributed by atoms with Gasteiger partial charge in [-0.05, 0) is 43.4 Å². The number of carboxylic acid groups (broad SMARTS) is 1. The highest BCUT2D eigenvalue weighted by atomic mass is 32.2. The monoisotopic (exact) mass is 297 g/mol. The molecule has 20 heavy (non-hydrogen) atoms. The van der Waals surface area contributed by atoms with Gasteiger partial charge in [-0.15, -0.1) is 0 Å². The molecule has 2 atom stereocenters. The van der Waals surface area contributed by atoms with Crippen molar-refractivity contribution < 1.29 is 18.3 Å². The first-order valence-electron chi connectivity index (χ1n) is 6.69. The van der Waals surface area contributed by atoms with E-state index in [4.69, 9.17) is 5.11 Å². The molecule has 6 heteroatoms. The maximum Gasteiger partial charge on any atom is 0.306 e. The van der Waals surface area contributed by atoms with Crippen molar-refractivity contribution in [1.82, 2.24) is 4.72 Å². The molecule has 0 radical (unpaired) electrons. The third-order valence-corrected chi connectivity index (χ3v) is 5.23. The second kappa shape index (κ2) is 5.93. The van der Waals surface area contributed by atoms with Crippen molar-refractivity contribution >= 4 is 16.0 Å². The van der Waals surface area contributed by atoms with Crippen molar-refractivity contribution in [2.75, 3.05) is 6.54 Å². The molecular formula is C14H19NO4S. The van der Waals surface area contributed by atoms with Crippen LogP contribution in [0.2, 0.25) is 0 Å². The Balaban J connectivity index is 2.04. The number of carbonyl (C=O) groups is 1. The molecular weight excluding hydrogens is 278 g/mol. The van der Waals surface area contributed by atoms with Crippen LogP contribution in [0.25, 0.3) is 0 Å². The lowest BCUT2D eigenvalue weighted by molar-refractivity contribution is -0.142. The lowest BCUT2D eigenvalue weighted by atomic mass is 9.97. The molecule has 110 valence electrons. The molecule has 2 unspecified atom stereocenters. The van der Waals surface area contributed by atoms with Crippen molar-refractivity contribution in [3.8, 4) is 0 Å². The van der Waals surface area contributed by atoms with E-state index in [2.05, 4.69) is 4.72 Å². The summed E-state index contributed by atoms with van der Waals surface area (Å²) in [5.74, 6) is -1.38. The average Bonchev–Trinajstić information content (AvgIpc) is 2.85. The number of rotatable bonds is 5. The molecule has 1 aromatic rings. The Labute approximate surface area is 119 Å². The minimum Gasteiger partial charge on any atom is -0.481 e. The van der Waals surface area contributed by atoms with Crippen LogP contribution in [0.1, 0.15) is 24.8 Å². The first-order valence-corrected chi connectivity index (χ1v) is 8.17. The molecule has 0 bridgehead atoms. The second-order valence-corrected chi connectivity index (χ2v) is 7.07. The number of aryl methyl sites for hydroxylation is 1. The number of sulfonamides is 1. The predicted molar refractivity (Wildman–Crippen MR) is 74.8 cm³/mol. The lowest BCUT2D eigenvalue weighted by Gasteiger charge is -2.16. The van der Waals surface area contributed by atoms with Crippen LogP contribution in [0.5, 0.6) is 0 Å². The van der Waals surface area contributed by atoms with Crippen LogP contribution in [-0.2, 0) is 14.8 Å². The zero-order chi connectivity index (χ0) is 14.8. The molecule has 1 aromatic carbocycles. The summed E-state index contributed by atoms with van der Waals surface area (Å²) >= 11 is 0. The van der Waals surface area contributed by atoms with Crippen molar-refractivity contribution in [3.05, 3.63) is 29.8 Å². The molecule has 0 spiro atoms. The van der Waals surface area contributed by atoms with Crippen LogP contribution in [0.3, 0.4) is 0 Å². The van der Waals surface area contributed by atoms with Crippen molar-refractivity contribution in [2.45, 2.75) is 31.1 Å². The van der Waals surface area contributed by atoms with E-state index < -0.39 is 21.9 Å². The fourth-order valence-electron chi connectivity index (χ4n) is 2.69. The molecule has 0 heterocycles. The molecule has 2 rings (SSSR count). The molecule has 0 aliphatic heterocycles. The summed E-state index contributed by atoms with van der Waals surface area (Å²) < 4.78 is 26.9. The third-order valence-electron chi connectivity index (χ3n) is 3.81. The Bertz CT molecular complexity index is 597. The summed E-state index contributed by atoms with van der Waals surface area (Å²) in [4.78, 5) is 11.3. The van der Waals surface area contributed by atoms with E-state index in [1.165, 1.54) is 0 Å². The Morgan fingerprint density at radius 3 is 2.80 bits per heavy atom. The maximum atomic E-state index is 12.2. The summed E-state index contributed by atoms with van der Waals surface area (Å²) in [7, 11) is -3.56. The second-order valence-electron chi connectivity index (χ2n) is 5.30. The molecule has 2 N–H and O–H groups in total. The van der Waals surface area contributed by atoms with Crippen LogP contribution < -0.4 is 4.72 Å². The molecule has 5 nitrogen and oxygen atoms in total. The van der Waals surface area contributed by atoms with Gasteiger partial charge in [0.05, 0.1) is 10.8 Å². The van der Waals surface area contributed by atoms with Gasteiger partial charge in [0.2, 0.25) is 10.0 Å². The smallest absolute Gasteiger partial charge is 0.306 e. The molecule has 1 aliphatic carbocycles. The SMILES string of the molecule is Cc1cccc(S(=O)(=O)NCC2CCCC2C(=O)O)c1. The maximum absolute atomic E-state index is 12.2. The lowest BCUT2D eigenvalue weighted by Crippen LogP contribution is -2.33. The quantitative estimate of drug-likeness (QED) is 0.867. The number of aliphatic carboxylic acids is 1. The molecule has 1 fully saturated rings. The normalized spacial score (nSPS) is 22.9. The Morgan fingerprint density at radius 1 is 1.40 bits per heavy atom. The summed E-state index contributed by atoms with van der Waals surface area (Å²) in [6.07, 6.45) is 2.23. The van der Waals surface area contributed by atoms with Gasteiger partial charge < -0.3 is 5.11 Å². The molecule has 0 saturated heterocycles.